The van der Waals surface area contributed by atoms with Crippen LogP contribution in [0.25, 0.3) is 0 Å². The summed E-state index contributed by atoms with van der Waals surface area (Å²) < 4.78 is 23.1. The number of nitrogens with zero attached hydrogens (tertiary/aromatic N) is 1. The number of nitrogens with one attached hydrogen (secondary N) is 1. The van der Waals surface area contributed by atoms with E-state index in [4.69, 9.17) is 18.9 Å². The minimum absolute atomic E-state index is 0.121. The molecular formula is C17H20N2O7. The first-order valence-corrected chi connectivity index (χ1v) is 8.50. The van der Waals surface area contributed by atoms with Gasteiger partial charge in [0.1, 0.15) is 5.56 Å². The number of ether oxygens (including phenoxy) is 4. The van der Waals surface area contributed by atoms with Gasteiger partial charge >= 0.3 is 5.97 Å². The molecule has 9 heteroatoms. The van der Waals surface area contributed by atoms with Gasteiger partial charge in [0.05, 0.1) is 39.5 Å². The van der Waals surface area contributed by atoms with Gasteiger partial charge in [-0.25, -0.2) is 4.79 Å². The highest BCUT2D eigenvalue weighted by molar-refractivity contribution is 5.98. The lowest BCUT2D eigenvalue weighted by molar-refractivity contribution is -0.187. The highest BCUT2D eigenvalue weighted by atomic mass is 16.7. The van der Waals surface area contributed by atoms with Crippen LogP contribution in [-0.2, 0) is 14.2 Å². The number of hydrogen-bond donors (Lipinski definition) is 1. The van der Waals surface area contributed by atoms with Crippen LogP contribution < -0.4 is 15.5 Å². The van der Waals surface area contributed by atoms with Crippen molar-refractivity contribution in [3.8, 4) is 5.75 Å². The molecule has 1 saturated heterocycles. The Morgan fingerprint density at radius 3 is 2.69 bits per heavy atom. The second-order valence-electron chi connectivity index (χ2n) is 6.65. The van der Waals surface area contributed by atoms with Gasteiger partial charge in [0.15, 0.2) is 17.2 Å². The van der Waals surface area contributed by atoms with Crippen molar-refractivity contribution in [2.24, 2.45) is 0 Å². The van der Waals surface area contributed by atoms with Crippen molar-refractivity contribution in [3.63, 3.8) is 0 Å². The molecule has 1 saturated carbocycles. The first-order chi connectivity index (χ1) is 12.5. The molecule has 1 aliphatic carbocycles. The molecule has 0 unspecified atom stereocenters. The molecule has 3 aliphatic rings. The van der Waals surface area contributed by atoms with Gasteiger partial charge < -0.3 is 28.8 Å². The number of rotatable bonds is 2. The number of fused-ring (bicyclic) bond motifs is 3. The third-order valence-corrected chi connectivity index (χ3v) is 5.32. The summed E-state index contributed by atoms with van der Waals surface area (Å²) >= 11 is 0. The van der Waals surface area contributed by atoms with Gasteiger partial charge in [-0.05, 0) is 6.42 Å². The monoisotopic (exact) mass is 364 g/mol. The molecule has 3 heterocycles. The predicted molar refractivity (Wildman–Crippen MR) is 87.4 cm³/mol. The molecule has 2 fully saturated rings. The zero-order chi connectivity index (χ0) is 18.5. The van der Waals surface area contributed by atoms with E-state index < -0.39 is 23.1 Å². The van der Waals surface area contributed by atoms with E-state index in [1.54, 1.807) is 4.57 Å². The average Bonchev–Trinajstić information content (AvgIpc) is 3.08. The maximum atomic E-state index is 12.7. The summed E-state index contributed by atoms with van der Waals surface area (Å²) in [6, 6.07) is -0.376. The first kappa shape index (κ1) is 17.0. The van der Waals surface area contributed by atoms with Crippen LogP contribution in [-0.4, -0.2) is 55.7 Å². The number of carbonyl (C=O) groups is 2. The molecule has 1 spiro atoms. The van der Waals surface area contributed by atoms with Crippen LogP contribution in [0, 0.1) is 0 Å². The van der Waals surface area contributed by atoms with Crippen LogP contribution in [0.5, 0.6) is 5.75 Å². The quantitative estimate of drug-likeness (QED) is 0.749. The Morgan fingerprint density at radius 2 is 2.04 bits per heavy atom. The fourth-order valence-corrected chi connectivity index (χ4v) is 4.15. The zero-order valence-electron chi connectivity index (χ0n) is 14.6. The number of amides is 1. The molecule has 1 N–H and O–H groups in total. The van der Waals surface area contributed by atoms with Gasteiger partial charge in [-0.2, -0.15) is 0 Å². The summed E-state index contributed by atoms with van der Waals surface area (Å²) in [5.74, 6) is -2.01. The second kappa shape index (κ2) is 6.10. The highest BCUT2D eigenvalue weighted by Gasteiger charge is 2.49. The van der Waals surface area contributed by atoms with E-state index in [0.29, 0.717) is 32.5 Å². The smallest absolute Gasteiger partial charge is 0.343 e. The molecule has 0 bridgehead atoms. The molecule has 0 radical (unpaired) electrons. The van der Waals surface area contributed by atoms with Crippen molar-refractivity contribution in [1.82, 2.24) is 9.88 Å². The van der Waals surface area contributed by atoms with Gasteiger partial charge in [0, 0.05) is 19.0 Å². The summed E-state index contributed by atoms with van der Waals surface area (Å²) in [7, 11) is 2.50. The minimum Gasteiger partial charge on any atom is -0.491 e. The Hall–Kier alpha value is -2.39. The average molecular weight is 364 g/mol. The van der Waals surface area contributed by atoms with Crippen molar-refractivity contribution in [1.29, 1.82) is 0 Å². The van der Waals surface area contributed by atoms with Gasteiger partial charge in [-0.15, -0.1) is 0 Å². The first-order valence-electron chi connectivity index (χ1n) is 8.50. The lowest BCUT2D eigenvalue weighted by Gasteiger charge is -2.45. The molecule has 1 aromatic rings. The normalized spacial score (nSPS) is 26.0. The van der Waals surface area contributed by atoms with Gasteiger partial charge in [-0.3, -0.25) is 9.59 Å². The maximum absolute atomic E-state index is 12.7. The molecule has 2 atom stereocenters. The SMILES string of the molecule is COC(=O)c1cn2c(c(OC)c1=O)C(=O)N[C@@H]1CC3(CC[C@@H]12)OCCO3. The van der Waals surface area contributed by atoms with E-state index in [0.717, 1.165) is 0 Å². The maximum Gasteiger partial charge on any atom is 0.343 e. The molecule has 0 aromatic carbocycles. The summed E-state index contributed by atoms with van der Waals surface area (Å²) in [4.78, 5) is 37.2. The fraction of sp³-hybridized carbons (Fsp3) is 0.588. The topological polar surface area (TPSA) is 105 Å². The molecule has 2 aliphatic heterocycles. The van der Waals surface area contributed by atoms with Crippen molar-refractivity contribution in [3.05, 3.63) is 27.7 Å². The van der Waals surface area contributed by atoms with E-state index in [-0.39, 0.29) is 29.1 Å². The summed E-state index contributed by atoms with van der Waals surface area (Å²) in [5, 5.41) is 2.94. The summed E-state index contributed by atoms with van der Waals surface area (Å²) in [6.07, 6.45) is 3.22. The van der Waals surface area contributed by atoms with Crippen molar-refractivity contribution >= 4 is 11.9 Å². The molecule has 1 amide bonds. The molecule has 9 nitrogen and oxygen atoms in total. The second-order valence-corrected chi connectivity index (χ2v) is 6.65. The Balaban J connectivity index is 1.81. The highest BCUT2D eigenvalue weighted by Crippen LogP contribution is 2.43. The van der Waals surface area contributed by atoms with E-state index in [9.17, 15) is 14.4 Å². The van der Waals surface area contributed by atoms with Crippen LogP contribution >= 0.6 is 0 Å². The van der Waals surface area contributed by atoms with E-state index in [2.05, 4.69) is 5.32 Å². The van der Waals surface area contributed by atoms with Gasteiger partial charge in [0.25, 0.3) is 5.91 Å². The Bertz CT molecular complexity index is 825. The molecule has 4 rings (SSSR count). The van der Waals surface area contributed by atoms with Gasteiger partial charge in [-0.1, -0.05) is 0 Å². The Labute approximate surface area is 149 Å². The Kier molecular flexibility index (Phi) is 4.00. The van der Waals surface area contributed by atoms with Crippen LogP contribution in [0.1, 0.15) is 46.2 Å². The zero-order valence-corrected chi connectivity index (χ0v) is 14.6. The number of methoxy groups -OCH3 is 2. The van der Waals surface area contributed by atoms with Crippen LogP contribution in [0.2, 0.25) is 0 Å². The molecule has 140 valence electrons. The largest absolute Gasteiger partial charge is 0.491 e. The lowest BCUT2D eigenvalue weighted by Crippen LogP contribution is -2.55. The third-order valence-electron chi connectivity index (χ3n) is 5.32. The lowest BCUT2D eigenvalue weighted by atomic mass is 9.83. The van der Waals surface area contributed by atoms with Gasteiger partial charge in [0.2, 0.25) is 5.43 Å². The van der Waals surface area contributed by atoms with Crippen molar-refractivity contribution in [2.75, 3.05) is 27.4 Å². The number of pyridine rings is 1. The molecule has 1 aromatic heterocycles. The van der Waals surface area contributed by atoms with E-state index in [1.165, 1.54) is 20.4 Å². The number of carbonyl (C=O) groups excluding carboxylic acids is 2. The Morgan fingerprint density at radius 1 is 1.31 bits per heavy atom. The number of hydrogen-bond acceptors (Lipinski definition) is 7. The molecular weight excluding hydrogens is 344 g/mol. The van der Waals surface area contributed by atoms with Crippen molar-refractivity contribution in [2.45, 2.75) is 37.1 Å². The van der Waals surface area contributed by atoms with Crippen LogP contribution in [0.4, 0.5) is 0 Å². The summed E-state index contributed by atoms with van der Waals surface area (Å²) in [5.41, 5.74) is -0.695. The van der Waals surface area contributed by atoms with E-state index >= 15 is 0 Å². The third kappa shape index (κ3) is 2.42. The van der Waals surface area contributed by atoms with Crippen LogP contribution in [0.15, 0.2) is 11.0 Å². The standard InChI is InChI=1S/C17H20N2O7/c1-23-14-12-15(21)18-10-7-17(25-5-6-26-17)4-3-11(10)19(12)8-9(13(14)20)16(22)24-2/h8,10-11H,3-7H2,1-2H3,(H,18,21)/t10-,11+/m1/s1. The predicted octanol–water partition coefficient (Wildman–Crippen LogP) is 0.224. The molecule has 26 heavy (non-hydrogen) atoms. The van der Waals surface area contributed by atoms with Crippen LogP contribution in [0.3, 0.4) is 0 Å². The van der Waals surface area contributed by atoms with Crippen molar-refractivity contribution < 1.29 is 28.5 Å². The minimum atomic E-state index is -0.763. The number of esters is 1. The number of aromatic nitrogens is 1. The van der Waals surface area contributed by atoms with E-state index in [1.807, 2.05) is 0 Å². The fourth-order valence-electron chi connectivity index (χ4n) is 4.15. The summed E-state index contributed by atoms with van der Waals surface area (Å²) in [6.45, 7) is 1.07.